The molecular formula is C11H12Cl2O2. The van der Waals surface area contributed by atoms with Gasteiger partial charge in [0.25, 0.3) is 0 Å². The molecular weight excluding hydrogens is 235 g/mol. The van der Waals surface area contributed by atoms with Crippen LogP contribution in [0, 0.1) is 0 Å². The molecule has 1 aromatic rings. The van der Waals surface area contributed by atoms with E-state index in [0.717, 1.165) is 12.0 Å². The number of rotatable bonds is 2. The summed E-state index contributed by atoms with van der Waals surface area (Å²) in [4.78, 5) is 0. The quantitative estimate of drug-likeness (QED) is 0.794. The fourth-order valence-corrected chi connectivity index (χ4v) is 2.06. The number of hydrogen-bond donors (Lipinski definition) is 0. The molecule has 0 unspecified atom stereocenters. The van der Waals surface area contributed by atoms with Gasteiger partial charge < -0.3 is 9.47 Å². The Morgan fingerprint density at radius 3 is 2.40 bits per heavy atom. The first kappa shape index (κ1) is 11.2. The third-order valence-corrected chi connectivity index (χ3v) is 3.32. The summed E-state index contributed by atoms with van der Waals surface area (Å²) in [5.74, 6) is -0.631. The van der Waals surface area contributed by atoms with Gasteiger partial charge in [-0.25, -0.2) is 0 Å². The first-order valence-corrected chi connectivity index (χ1v) is 5.67. The van der Waals surface area contributed by atoms with Crippen molar-refractivity contribution in [2.45, 2.75) is 19.1 Å². The Bertz CT molecular complexity index is 360. The molecule has 1 aromatic carbocycles. The maximum absolute atomic E-state index is 5.97. The molecule has 1 fully saturated rings. The molecule has 0 bridgehead atoms. The number of benzene rings is 1. The minimum absolute atomic E-state index is 0.529. The average molecular weight is 247 g/mol. The zero-order chi connectivity index (χ0) is 10.9. The lowest BCUT2D eigenvalue weighted by Gasteiger charge is -2.26. The van der Waals surface area contributed by atoms with E-state index in [9.17, 15) is 0 Å². The molecule has 0 spiro atoms. The van der Waals surface area contributed by atoms with Crippen LogP contribution in [0.2, 0.25) is 10.0 Å². The molecule has 1 saturated heterocycles. The SMILES string of the molecule is CCC1(c2ccc(Cl)c(Cl)c2)OCCO1. The molecule has 1 heterocycles. The zero-order valence-electron chi connectivity index (χ0n) is 8.43. The van der Waals surface area contributed by atoms with Crippen molar-refractivity contribution in [2.24, 2.45) is 0 Å². The van der Waals surface area contributed by atoms with Gasteiger partial charge in [-0.15, -0.1) is 0 Å². The highest BCUT2D eigenvalue weighted by Crippen LogP contribution is 2.37. The lowest BCUT2D eigenvalue weighted by Crippen LogP contribution is -2.25. The Balaban J connectivity index is 2.38. The molecule has 0 atom stereocenters. The van der Waals surface area contributed by atoms with Crippen LogP contribution in [0.25, 0.3) is 0 Å². The second-order valence-corrected chi connectivity index (χ2v) is 4.25. The molecule has 0 radical (unpaired) electrons. The molecule has 2 nitrogen and oxygen atoms in total. The minimum atomic E-state index is -0.631. The third kappa shape index (κ3) is 2.00. The zero-order valence-corrected chi connectivity index (χ0v) is 9.94. The summed E-state index contributed by atoms with van der Waals surface area (Å²) in [5, 5.41) is 1.07. The van der Waals surface area contributed by atoms with E-state index in [1.54, 1.807) is 12.1 Å². The second-order valence-electron chi connectivity index (χ2n) is 3.43. The Hall–Kier alpha value is -0.280. The van der Waals surface area contributed by atoms with Gasteiger partial charge in [-0.1, -0.05) is 36.2 Å². The van der Waals surface area contributed by atoms with Crippen molar-refractivity contribution >= 4 is 23.2 Å². The Labute approximate surface area is 99.1 Å². The monoisotopic (exact) mass is 246 g/mol. The molecule has 0 aliphatic carbocycles. The van der Waals surface area contributed by atoms with E-state index in [4.69, 9.17) is 32.7 Å². The topological polar surface area (TPSA) is 18.5 Å². The van der Waals surface area contributed by atoms with E-state index in [0.29, 0.717) is 23.3 Å². The maximum Gasteiger partial charge on any atom is 0.194 e. The Morgan fingerprint density at radius 2 is 1.87 bits per heavy atom. The summed E-state index contributed by atoms with van der Waals surface area (Å²) in [6.45, 7) is 3.26. The fourth-order valence-electron chi connectivity index (χ4n) is 1.76. The standard InChI is InChI=1S/C11H12Cl2O2/c1-2-11(14-5-6-15-11)8-3-4-9(12)10(13)7-8/h3-4,7H,2,5-6H2,1H3. The average Bonchev–Trinajstić information content (AvgIpc) is 2.72. The number of hydrogen-bond acceptors (Lipinski definition) is 2. The Kier molecular flexibility index (Phi) is 3.21. The third-order valence-electron chi connectivity index (χ3n) is 2.58. The van der Waals surface area contributed by atoms with Gasteiger partial charge in [0.05, 0.1) is 23.3 Å². The van der Waals surface area contributed by atoms with Gasteiger partial charge in [-0.3, -0.25) is 0 Å². The lowest BCUT2D eigenvalue weighted by atomic mass is 10.0. The maximum atomic E-state index is 5.97. The highest BCUT2D eigenvalue weighted by atomic mass is 35.5. The van der Waals surface area contributed by atoms with Gasteiger partial charge in [0.2, 0.25) is 0 Å². The van der Waals surface area contributed by atoms with Crippen molar-refractivity contribution in [3.63, 3.8) is 0 Å². The van der Waals surface area contributed by atoms with Crippen LogP contribution in [0.4, 0.5) is 0 Å². The lowest BCUT2D eigenvalue weighted by molar-refractivity contribution is -0.167. The van der Waals surface area contributed by atoms with Crippen molar-refractivity contribution < 1.29 is 9.47 Å². The van der Waals surface area contributed by atoms with Crippen LogP contribution in [0.5, 0.6) is 0 Å². The number of ether oxygens (including phenoxy) is 2. The molecule has 1 aliphatic heterocycles. The smallest absolute Gasteiger partial charge is 0.194 e. The molecule has 15 heavy (non-hydrogen) atoms. The second kappa shape index (κ2) is 4.30. The Morgan fingerprint density at radius 1 is 1.20 bits per heavy atom. The van der Waals surface area contributed by atoms with Crippen molar-refractivity contribution in [1.29, 1.82) is 0 Å². The number of halogens is 2. The van der Waals surface area contributed by atoms with Crippen molar-refractivity contribution in [3.8, 4) is 0 Å². The summed E-state index contributed by atoms with van der Waals surface area (Å²) >= 11 is 11.8. The molecule has 0 saturated carbocycles. The van der Waals surface area contributed by atoms with Gasteiger partial charge in [0.1, 0.15) is 0 Å². The molecule has 0 amide bonds. The molecule has 0 N–H and O–H groups in total. The summed E-state index contributed by atoms with van der Waals surface area (Å²) in [7, 11) is 0. The van der Waals surface area contributed by atoms with Crippen LogP contribution in [0.15, 0.2) is 18.2 Å². The van der Waals surface area contributed by atoms with Gasteiger partial charge in [0, 0.05) is 12.0 Å². The van der Waals surface area contributed by atoms with E-state index in [-0.39, 0.29) is 0 Å². The predicted octanol–water partition coefficient (Wildman–Crippen LogP) is 3.60. The molecule has 0 aromatic heterocycles. The fraction of sp³-hybridized carbons (Fsp3) is 0.455. The van der Waals surface area contributed by atoms with E-state index in [2.05, 4.69) is 0 Å². The van der Waals surface area contributed by atoms with Crippen LogP contribution >= 0.6 is 23.2 Å². The van der Waals surface area contributed by atoms with Crippen LogP contribution < -0.4 is 0 Å². The van der Waals surface area contributed by atoms with Gasteiger partial charge in [-0.2, -0.15) is 0 Å². The first-order valence-electron chi connectivity index (χ1n) is 4.91. The minimum Gasteiger partial charge on any atom is -0.343 e. The van der Waals surface area contributed by atoms with Gasteiger partial charge in [0.15, 0.2) is 5.79 Å². The van der Waals surface area contributed by atoms with E-state index in [1.165, 1.54) is 0 Å². The van der Waals surface area contributed by atoms with E-state index < -0.39 is 5.79 Å². The van der Waals surface area contributed by atoms with Crippen LogP contribution in [0.3, 0.4) is 0 Å². The summed E-state index contributed by atoms with van der Waals surface area (Å²) in [6.07, 6.45) is 0.755. The van der Waals surface area contributed by atoms with Crippen LogP contribution in [-0.4, -0.2) is 13.2 Å². The first-order chi connectivity index (χ1) is 7.18. The summed E-state index contributed by atoms with van der Waals surface area (Å²) < 4.78 is 11.3. The van der Waals surface area contributed by atoms with E-state index >= 15 is 0 Å². The van der Waals surface area contributed by atoms with Crippen molar-refractivity contribution in [3.05, 3.63) is 33.8 Å². The molecule has 82 valence electrons. The highest BCUT2D eigenvalue weighted by Gasteiger charge is 2.36. The van der Waals surface area contributed by atoms with Crippen LogP contribution in [-0.2, 0) is 15.3 Å². The summed E-state index contributed by atoms with van der Waals surface area (Å²) in [6, 6.07) is 5.46. The van der Waals surface area contributed by atoms with Gasteiger partial charge in [-0.05, 0) is 12.1 Å². The van der Waals surface area contributed by atoms with Crippen molar-refractivity contribution in [1.82, 2.24) is 0 Å². The molecule has 2 rings (SSSR count). The van der Waals surface area contributed by atoms with E-state index in [1.807, 2.05) is 13.0 Å². The van der Waals surface area contributed by atoms with Crippen molar-refractivity contribution in [2.75, 3.05) is 13.2 Å². The predicted molar refractivity (Wildman–Crippen MR) is 60.3 cm³/mol. The molecule has 4 heteroatoms. The summed E-state index contributed by atoms with van der Waals surface area (Å²) in [5.41, 5.74) is 0.928. The van der Waals surface area contributed by atoms with Crippen LogP contribution in [0.1, 0.15) is 18.9 Å². The highest BCUT2D eigenvalue weighted by molar-refractivity contribution is 6.42. The molecule has 1 aliphatic rings. The normalized spacial score (nSPS) is 19.4. The largest absolute Gasteiger partial charge is 0.343 e. The van der Waals surface area contributed by atoms with Gasteiger partial charge >= 0.3 is 0 Å².